The maximum absolute atomic E-state index is 12.5. The Morgan fingerprint density at radius 1 is 1.11 bits per heavy atom. The fraction of sp³-hybridized carbons (Fsp3) is 0.100. The number of nitrogens with one attached hydrogen (secondary N) is 3. The van der Waals surface area contributed by atoms with Gasteiger partial charge in [0, 0.05) is 24.5 Å². The van der Waals surface area contributed by atoms with Crippen LogP contribution in [0.1, 0.15) is 31.2 Å². The number of thiophene rings is 1. The van der Waals surface area contributed by atoms with Crippen molar-refractivity contribution in [3.63, 3.8) is 0 Å². The third-order valence-electron chi connectivity index (χ3n) is 4.36. The summed E-state index contributed by atoms with van der Waals surface area (Å²) in [6.45, 7) is 2.47. The number of aromatic nitrogens is 3. The van der Waals surface area contributed by atoms with Gasteiger partial charge in [-0.2, -0.15) is 5.10 Å². The Hall–Kier alpha value is -3.52. The molecule has 0 aliphatic heterocycles. The normalized spacial score (nSPS) is 10.8. The highest BCUT2D eigenvalue weighted by molar-refractivity contribution is 7.20. The first kappa shape index (κ1) is 17.9. The zero-order valence-electron chi connectivity index (χ0n) is 15.0. The molecule has 0 radical (unpaired) electrons. The molecule has 0 aliphatic carbocycles. The number of amides is 2. The van der Waals surface area contributed by atoms with E-state index in [2.05, 4.69) is 25.8 Å². The molecule has 0 saturated carbocycles. The predicted octanol–water partition coefficient (Wildman–Crippen LogP) is 3.51. The fourth-order valence-electron chi connectivity index (χ4n) is 2.78. The summed E-state index contributed by atoms with van der Waals surface area (Å²) in [5.74, 6) is 0.0217. The molecule has 0 bridgehead atoms. The van der Waals surface area contributed by atoms with Crippen LogP contribution in [0.4, 0.5) is 5.82 Å². The summed E-state index contributed by atoms with van der Waals surface area (Å²) < 4.78 is 0. The molecule has 3 aromatic heterocycles. The number of fused-ring (bicyclic) bond motifs is 1. The minimum atomic E-state index is -0.273. The zero-order chi connectivity index (χ0) is 19.5. The summed E-state index contributed by atoms with van der Waals surface area (Å²) in [6, 6.07) is 12.9. The van der Waals surface area contributed by atoms with Crippen LogP contribution in [0, 0.1) is 6.92 Å². The SMILES string of the molecule is Cc1ccccc1CNC(=O)c1cc2c(NC(=O)c3ccncc3)[nH]nc2s1. The van der Waals surface area contributed by atoms with Crippen LogP contribution in [0.3, 0.4) is 0 Å². The van der Waals surface area contributed by atoms with Crippen LogP contribution >= 0.6 is 11.3 Å². The minimum Gasteiger partial charge on any atom is -0.347 e. The number of pyridine rings is 1. The van der Waals surface area contributed by atoms with Crippen molar-refractivity contribution in [3.05, 3.63) is 76.4 Å². The van der Waals surface area contributed by atoms with E-state index < -0.39 is 0 Å². The quantitative estimate of drug-likeness (QED) is 0.485. The van der Waals surface area contributed by atoms with E-state index in [0.29, 0.717) is 33.0 Å². The van der Waals surface area contributed by atoms with Crippen LogP contribution in [-0.4, -0.2) is 27.0 Å². The lowest BCUT2D eigenvalue weighted by atomic mass is 10.1. The summed E-state index contributed by atoms with van der Waals surface area (Å²) >= 11 is 1.27. The van der Waals surface area contributed by atoms with Gasteiger partial charge < -0.3 is 10.6 Å². The molecule has 0 atom stereocenters. The molecule has 8 heteroatoms. The molecule has 0 aliphatic rings. The minimum absolute atomic E-state index is 0.169. The highest BCUT2D eigenvalue weighted by Gasteiger charge is 2.17. The van der Waals surface area contributed by atoms with Crippen molar-refractivity contribution >= 4 is 39.2 Å². The van der Waals surface area contributed by atoms with E-state index in [1.807, 2.05) is 31.2 Å². The second kappa shape index (κ2) is 7.61. The van der Waals surface area contributed by atoms with Crippen molar-refractivity contribution in [1.82, 2.24) is 20.5 Å². The van der Waals surface area contributed by atoms with Gasteiger partial charge in [0.05, 0.1) is 10.3 Å². The lowest BCUT2D eigenvalue weighted by molar-refractivity contribution is 0.0954. The van der Waals surface area contributed by atoms with Gasteiger partial charge in [-0.1, -0.05) is 24.3 Å². The van der Waals surface area contributed by atoms with E-state index >= 15 is 0 Å². The van der Waals surface area contributed by atoms with Gasteiger partial charge in [0.15, 0.2) is 0 Å². The average Bonchev–Trinajstić information content (AvgIpc) is 3.30. The Morgan fingerprint density at radius 3 is 2.68 bits per heavy atom. The molecule has 0 spiro atoms. The number of carbonyl (C=O) groups excluding carboxylic acids is 2. The van der Waals surface area contributed by atoms with Gasteiger partial charge in [-0.25, -0.2) is 0 Å². The molecule has 1 aromatic carbocycles. The van der Waals surface area contributed by atoms with E-state index in [1.165, 1.54) is 11.3 Å². The van der Waals surface area contributed by atoms with Crippen LogP contribution < -0.4 is 10.6 Å². The molecule has 3 N–H and O–H groups in total. The molecular formula is C20H17N5O2S. The van der Waals surface area contributed by atoms with Gasteiger partial charge in [-0.3, -0.25) is 19.7 Å². The summed E-state index contributed by atoms with van der Waals surface area (Å²) in [6.07, 6.45) is 3.11. The second-order valence-electron chi connectivity index (χ2n) is 6.23. The lowest BCUT2D eigenvalue weighted by Gasteiger charge is -2.06. The summed E-state index contributed by atoms with van der Waals surface area (Å²) in [7, 11) is 0. The first-order valence-corrected chi connectivity index (χ1v) is 9.45. The molecule has 0 fully saturated rings. The number of benzene rings is 1. The molecule has 28 heavy (non-hydrogen) atoms. The highest BCUT2D eigenvalue weighted by Crippen LogP contribution is 2.29. The Morgan fingerprint density at radius 2 is 1.89 bits per heavy atom. The van der Waals surface area contributed by atoms with Crippen molar-refractivity contribution in [1.29, 1.82) is 0 Å². The maximum Gasteiger partial charge on any atom is 0.261 e. The summed E-state index contributed by atoms with van der Waals surface area (Å²) in [5, 5.41) is 13.4. The number of H-pyrrole nitrogens is 1. The molecule has 140 valence electrons. The van der Waals surface area contributed by atoms with E-state index in [-0.39, 0.29) is 11.8 Å². The van der Waals surface area contributed by atoms with Crippen LogP contribution in [0.15, 0.2) is 54.9 Å². The van der Waals surface area contributed by atoms with Gasteiger partial charge in [0.1, 0.15) is 10.6 Å². The second-order valence-corrected chi connectivity index (χ2v) is 7.26. The molecule has 4 aromatic rings. The van der Waals surface area contributed by atoms with Gasteiger partial charge >= 0.3 is 0 Å². The van der Waals surface area contributed by atoms with E-state index in [9.17, 15) is 9.59 Å². The zero-order valence-corrected chi connectivity index (χ0v) is 15.8. The van der Waals surface area contributed by atoms with E-state index in [0.717, 1.165) is 11.1 Å². The van der Waals surface area contributed by atoms with E-state index in [4.69, 9.17) is 0 Å². The van der Waals surface area contributed by atoms with Gasteiger partial charge in [-0.05, 0) is 36.2 Å². The molecule has 2 amide bonds. The largest absolute Gasteiger partial charge is 0.347 e. The predicted molar refractivity (Wildman–Crippen MR) is 109 cm³/mol. The highest BCUT2D eigenvalue weighted by atomic mass is 32.1. The standard InChI is InChI=1S/C20H17N5O2S/c1-12-4-2-3-5-14(12)11-22-19(27)16-10-15-17(24-25-20(15)28-16)23-18(26)13-6-8-21-9-7-13/h2-10H,11H2,1H3,(H,22,27)(H2,23,24,25,26). The van der Waals surface area contributed by atoms with Gasteiger partial charge in [0.2, 0.25) is 0 Å². The topological polar surface area (TPSA) is 99.8 Å². The summed E-state index contributed by atoms with van der Waals surface area (Å²) in [4.78, 5) is 29.9. The van der Waals surface area contributed by atoms with E-state index in [1.54, 1.807) is 30.6 Å². The van der Waals surface area contributed by atoms with Crippen molar-refractivity contribution in [3.8, 4) is 0 Å². The maximum atomic E-state index is 12.5. The van der Waals surface area contributed by atoms with Crippen LogP contribution in [0.2, 0.25) is 0 Å². The molecular weight excluding hydrogens is 374 g/mol. The molecule has 0 saturated heterocycles. The summed E-state index contributed by atoms with van der Waals surface area (Å²) in [5.41, 5.74) is 2.69. The Kier molecular flexibility index (Phi) is 4.86. The number of anilines is 1. The van der Waals surface area contributed by atoms with Crippen molar-refractivity contribution < 1.29 is 9.59 Å². The number of nitrogens with zero attached hydrogens (tertiary/aromatic N) is 2. The lowest BCUT2D eigenvalue weighted by Crippen LogP contribution is -2.22. The smallest absolute Gasteiger partial charge is 0.261 e. The van der Waals surface area contributed by atoms with Crippen molar-refractivity contribution in [2.45, 2.75) is 13.5 Å². The van der Waals surface area contributed by atoms with Gasteiger partial charge in [-0.15, -0.1) is 11.3 Å². The van der Waals surface area contributed by atoms with Crippen LogP contribution in [0.25, 0.3) is 10.2 Å². The third-order valence-corrected chi connectivity index (χ3v) is 5.38. The number of hydrogen-bond donors (Lipinski definition) is 3. The average molecular weight is 391 g/mol. The number of rotatable bonds is 5. The van der Waals surface area contributed by atoms with Crippen LogP contribution in [0.5, 0.6) is 0 Å². The number of aryl methyl sites for hydroxylation is 1. The molecule has 4 rings (SSSR count). The monoisotopic (exact) mass is 391 g/mol. The van der Waals surface area contributed by atoms with Crippen molar-refractivity contribution in [2.24, 2.45) is 0 Å². The first-order valence-electron chi connectivity index (χ1n) is 8.64. The molecule has 7 nitrogen and oxygen atoms in total. The van der Waals surface area contributed by atoms with Crippen LogP contribution in [-0.2, 0) is 6.54 Å². The number of hydrogen-bond acceptors (Lipinski definition) is 5. The van der Waals surface area contributed by atoms with Gasteiger partial charge in [0.25, 0.3) is 11.8 Å². The van der Waals surface area contributed by atoms with Crippen molar-refractivity contribution in [2.75, 3.05) is 5.32 Å². The molecule has 3 heterocycles. The Bertz CT molecular complexity index is 1150. The fourth-order valence-corrected chi connectivity index (χ4v) is 3.69. The Balaban J connectivity index is 1.48. The number of carbonyl (C=O) groups is 2. The molecule has 0 unspecified atom stereocenters. The first-order chi connectivity index (χ1) is 13.6. The third kappa shape index (κ3) is 3.63. The Labute approximate surface area is 164 Å². The number of aromatic amines is 1.